The molecule has 102 valence electrons. The summed E-state index contributed by atoms with van der Waals surface area (Å²) in [5, 5.41) is 4.25. The van der Waals surface area contributed by atoms with Crippen molar-refractivity contribution in [3.8, 4) is 0 Å². The molecule has 0 aliphatic heterocycles. The third-order valence-electron chi connectivity index (χ3n) is 3.46. The zero-order valence-corrected chi connectivity index (χ0v) is 12.7. The smallest absolute Gasteiger partial charge is 0.0409 e. The average molecular weight is 269 g/mol. The fourth-order valence-corrected chi connectivity index (χ4v) is 2.26. The highest BCUT2D eigenvalue weighted by atomic mass is 35.5. The van der Waals surface area contributed by atoms with Gasteiger partial charge in [-0.1, -0.05) is 30.7 Å². The molecule has 1 aromatic carbocycles. The molecular formula is C15H25ClN2. The van der Waals surface area contributed by atoms with Gasteiger partial charge in [0.1, 0.15) is 0 Å². The number of benzene rings is 1. The quantitative estimate of drug-likeness (QED) is 0.811. The molecule has 3 heteroatoms. The highest BCUT2D eigenvalue weighted by Gasteiger charge is 2.12. The molecule has 0 fully saturated rings. The van der Waals surface area contributed by atoms with E-state index >= 15 is 0 Å². The zero-order chi connectivity index (χ0) is 13.5. The Hall–Kier alpha value is -0.570. The Balaban J connectivity index is 2.48. The lowest BCUT2D eigenvalue weighted by atomic mass is 10.1. The van der Waals surface area contributed by atoms with Crippen LogP contribution in [0.2, 0.25) is 5.02 Å². The molecule has 0 aromatic heterocycles. The summed E-state index contributed by atoms with van der Waals surface area (Å²) in [5.41, 5.74) is 1.28. The van der Waals surface area contributed by atoms with E-state index in [0.717, 1.165) is 24.5 Å². The summed E-state index contributed by atoms with van der Waals surface area (Å²) in [5.74, 6) is 0. The van der Waals surface area contributed by atoms with Crippen LogP contribution < -0.4 is 5.32 Å². The Kier molecular flexibility index (Phi) is 6.69. The molecule has 0 saturated heterocycles. The van der Waals surface area contributed by atoms with Gasteiger partial charge in [0.05, 0.1) is 0 Å². The Morgan fingerprint density at radius 2 is 2.06 bits per heavy atom. The van der Waals surface area contributed by atoms with Crippen molar-refractivity contribution in [3.63, 3.8) is 0 Å². The Morgan fingerprint density at radius 1 is 1.33 bits per heavy atom. The molecule has 2 unspecified atom stereocenters. The van der Waals surface area contributed by atoms with E-state index in [1.54, 1.807) is 0 Å². The van der Waals surface area contributed by atoms with E-state index in [4.69, 9.17) is 11.6 Å². The second-order valence-electron chi connectivity index (χ2n) is 4.96. The van der Waals surface area contributed by atoms with E-state index < -0.39 is 0 Å². The Bertz CT molecular complexity index is 354. The standard InChI is InChI=1S/C15H25ClN2/c1-5-17-12(2)9-10-18(4)13(3)14-7-6-8-15(16)11-14/h6-8,11-13,17H,5,9-10H2,1-4H3. The number of hydrogen-bond donors (Lipinski definition) is 1. The summed E-state index contributed by atoms with van der Waals surface area (Å²) < 4.78 is 0. The van der Waals surface area contributed by atoms with Crippen LogP contribution in [0.5, 0.6) is 0 Å². The molecule has 0 amide bonds. The highest BCUT2D eigenvalue weighted by Crippen LogP contribution is 2.21. The normalized spacial score (nSPS) is 14.8. The first-order chi connectivity index (χ1) is 8.54. The molecule has 2 atom stereocenters. The van der Waals surface area contributed by atoms with Gasteiger partial charge in [-0.05, 0) is 58.1 Å². The molecule has 2 nitrogen and oxygen atoms in total. The van der Waals surface area contributed by atoms with Crippen LogP contribution in [-0.2, 0) is 0 Å². The van der Waals surface area contributed by atoms with Crippen LogP contribution in [0, 0.1) is 0 Å². The van der Waals surface area contributed by atoms with Crippen molar-refractivity contribution in [1.29, 1.82) is 0 Å². The molecule has 0 radical (unpaired) electrons. The average Bonchev–Trinajstić information content (AvgIpc) is 2.35. The fraction of sp³-hybridized carbons (Fsp3) is 0.600. The van der Waals surface area contributed by atoms with Crippen molar-refractivity contribution in [2.75, 3.05) is 20.1 Å². The van der Waals surface area contributed by atoms with Gasteiger partial charge in [-0.25, -0.2) is 0 Å². The van der Waals surface area contributed by atoms with Gasteiger partial charge in [0, 0.05) is 17.1 Å². The lowest BCUT2D eigenvalue weighted by Crippen LogP contribution is -2.31. The molecule has 0 aliphatic carbocycles. The molecule has 1 aromatic rings. The van der Waals surface area contributed by atoms with Crippen molar-refractivity contribution in [1.82, 2.24) is 10.2 Å². The summed E-state index contributed by atoms with van der Waals surface area (Å²) in [7, 11) is 2.17. The zero-order valence-electron chi connectivity index (χ0n) is 11.9. The molecule has 18 heavy (non-hydrogen) atoms. The predicted octanol–water partition coefficient (Wildman–Crippen LogP) is 3.72. The van der Waals surface area contributed by atoms with E-state index in [-0.39, 0.29) is 0 Å². The minimum absolute atomic E-state index is 0.400. The number of rotatable bonds is 7. The lowest BCUT2D eigenvalue weighted by Gasteiger charge is -2.26. The lowest BCUT2D eigenvalue weighted by molar-refractivity contribution is 0.248. The van der Waals surface area contributed by atoms with Crippen LogP contribution in [0.3, 0.4) is 0 Å². The predicted molar refractivity (Wildman–Crippen MR) is 80.3 cm³/mol. The van der Waals surface area contributed by atoms with E-state index in [1.807, 2.05) is 12.1 Å². The maximum atomic E-state index is 6.03. The number of halogens is 1. The summed E-state index contributed by atoms with van der Waals surface area (Å²) in [6, 6.07) is 9.10. The second kappa shape index (κ2) is 7.78. The van der Waals surface area contributed by atoms with Crippen LogP contribution in [0.15, 0.2) is 24.3 Å². The molecular weight excluding hydrogens is 244 g/mol. The Labute approximate surface area is 116 Å². The number of hydrogen-bond acceptors (Lipinski definition) is 2. The molecule has 1 N–H and O–H groups in total. The van der Waals surface area contributed by atoms with Gasteiger partial charge in [0.15, 0.2) is 0 Å². The maximum Gasteiger partial charge on any atom is 0.0409 e. The largest absolute Gasteiger partial charge is 0.314 e. The van der Waals surface area contributed by atoms with E-state index in [9.17, 15) is 0 Å². The molecule has 0 aliphatic rings. The first-order valence-corrected chi connectivity index (χ1v) is 7.11. The van der Waals surface area contributed by atoms with E-state index in [2.05, 4.69) is 50.2 Å². The number of nitrogens with zero attached hydrogens (tertiary/aromatic N) is 1. The first-order valence-electron chi connectivity index (χ1n) is 6.73. The Morgan fingerprint density at radius 3 is 2.67 bits per heavy atom. The third kappa shape index (κ3) is 4.97. The van der Waals surface area contributed by atoms with Crippen LogP contribution >= 0.6 is 11.6 Å². The molecule has 0 heterocycles. The van der Waals surface area contributed by atoms with Gasteiger partial charge in [-0.2, -0.15) is 0 Å². The van der Waals surface area contributed by atoms with Crippen molar-refractivity contribution >= 4 is 11.6 Å². The fourth-order valence-electron chi connectivity index (χ4n) is 2.06. The third-order valence-corrected chi connectivity index (χ3v) is 3.69. The van der Waals surface area contributed by atoms with Crippen LogP contribution in [0.1, 0.15) is 38.8 Å². The molecule has 1 rings (SSSR count). The van der Waals surface area contributed by atoms with Crippen LogP contribution in [0.4, 0.5) is 0 Å². The first kappa shape index (κ1) is 15.5. The van der Waals surface area contributed by atoms with Crippen molar-refractivity contribution in [3.05, 3.63) is 34.9 Å². The van der Waals surface area contributed by atoms with Gasteiger partial charge < -0.3 is 5.32 Å². The number of nitrogens with one attached hydrogen (secondary N) is 1. The maximum absolute atomic E-state index is 6.03. The summed E-state index contributed by atoms with van der Waals surface area (Å²) >= 11 is 6.03. The summed E-state index contributed by atoms with van der Waals surface area (Å²) in [4.78, 5) is 2.37. The summed E-state index contributed by atoms with van der Waals surface area (Å²) in [6.07, 6.45) is 1.16. The molecule has 0 saturated carbocycles. The summed E-state index contributed by atoms with van der Waals surface area (Å²) in [6.45, 7) is 8.73. The van der Waals surface area contributed by atoms with Crippen molar-refractivity contribution < 1.29 is 0 Å². The minimum Gasteiger partial charge on any atom is -0.314 e. The van der Waals surface area contributed by atoms with E-state index in [1.165, 1.54) is 5.56 Å². The van der Waals surface area contributed by atoms with Crippen LogP contribution in [-0.4, -0.2) is 31.1 Å². The van der Waals surface area contributed by atoms with E-state index in [0.29, 0.717) is 12.1 Å². The van der Waals surface area contributed by atoms with Crippen molar-refractivity contribution in [2.45, 2.75) is 39.3 Å². The second-order valence-corrected chi connectivity index (χ2v) is 5.40. The van der Waals surface area contributed by atoms with Gasteiger partial charge in [0.25, 0.3) is 0 Å². The van der Waals surface area contributed by atoms with Crippen LogP contribution in [0.25, 0.3) is 0 Å². The monoisotopic (exact) mass is 268 g/mol. The minimum atomic E-state index is 0.400. The van der Waals surface area contributed by atoms with Crippen molar-refractivity contribution in [2.24, 2.45) is 0 Å². The van der Waals surface area contributed by atoms with Gasteiger partial charge in [0.2, 0.25) is 0 Å². The molecule has 0 spiro atoms. The highest BCUT2D eigenvalue weighted by molar-refractivity contribution is 6.30. The SMILES string of the molecule is CCNC(C)CCN(C)C(C)c1cccc(Cl)c1. The van der Waals surface area contributed by atoms with Gasteiger partial charge >= 0.3 is 0 Å². The van der Waals surface area contributed by atoms with Gasteiger partial charge in [-0.3, -0.25) is 4.90 Å². The van der Waals surface area contributed by atoms with Gasteiger partial charge in [-0.15, -0.1) is 0 Å². The molecule has 0 bridgehead atoms. The topological polar surface area (TPSA) is 15.3 Å².